The summed E-state index contributed by atoms with van der Waals surface area (Å²) in [7, 11) is 0. The lowest BCUT2D eigenvalue weighted by molar-refractivity contribution is 0.243. The molecule has 0 fully saturated rings. The molecule has 2 aromatic heterocycles. The van der Waals surface area contributed by atoms with Crippen molar-refractivity contribution in [3.8, 4) is 11.8 Å². The van der Waals surface area contributed by atoms with E-state index in [1.165, 1.54) is 12.1 Å². The molecule has 0 spiro atoms. The Hall–Kier alpha value is -3.99. The molecule has 8 heteroatoms. The Balaban J connectivity index is 1.53. The molecule has 0 saturated heterocycles. The summed E-state index contributed by atoms with van der Waals surface area (Å²) < 4.78 is 13.2. The molecule has 0 radical (unpaired) electrons. The van der Waals surface area contributed by atoms with Crippen LogP contribution < -0.4 is 16.0 Å². The van der Waals surface area contributed by atoms with Gasteiger partial charge in [-0.05, 0) is 43.5 Å². The first-order valence-corrected chi connectivity index (χ1v) is 9.91. The number of anilines is 2. The van der Waals surface area contributed by atoms with Crippen molar-refractivity contribution in [3.05, 3.63) is 77.1 Å². The number of urea groups is 1. The fourth-order valence-corrected chi connectivity index (χ4v) is 3.36. The maximum Gasteiger partial charge on any atom is 0.322 e. The van der Waals surface area contributed by atoms with Gasteiger partial charge in [0.25, 0.3) is 0 Å². The molecule has 0 bridgehead atoms. The number of amides is 2. The molecule has 1 atom stereocenters. The van der Waals surface area contributed by atoms with Gasteiger partial charge in [-0.1, -0.05) is 24.0 Å². The average molecular weight is 416 g/mol. The van der Waals surface area contributed by atoms with E-state index in [2.05, 4.69) is 32.1 Å². The van der Waals surface area contributed by atoms with Crippen LogP contribution in [0.3, 0.4) is 0 Å². The van der Waals surface area contributed by atoms with Crippen LogP contribution in [0.1, 0.15) is 41.8 Å². The molecular weight excluding hydrogens is 395 g/mol. The zero-order valence-corrected chi connectivity index (χ0v) is 17.0. The van der Waals surface area contributed by atoms with Crippen LogP contribution in [0.4, 0.5) is 20.8 Å². The normalized spacial score (nSPS) is 13.5. The lowest BCUT2D eigenvalue weighted by atomic mass is 10.1. The lowest BCUT2D eigenvalue weighted by Gasteiger charge is -2.30. The van der Waals surface area contributed by atoms with Crippen molar-refractivity contribution in [2.24, 2.45) is 0 Å². The number of hydrogen-bond donors (Lipinski definition) is 2. The number of rotatable bonds is 2. The average Bonchev–Trinajstić information content (AvgIpc) is 2.78. The number of halogens is 1. The number of nitrogen functional groups attached to an aromatic ring is 1. The molecule has 7 nitrogen and oxygen atoms in total. The number of pyridine rings is 1. The van der Waals surface area contributed by atoms with Crippen molar-refractivity contribution >= 4 is 17.7 Å². The molecule has 1 aromatic carbocycles. The van der Waals surface area contributed by atoms with Gasteiger partial charge in [0.1, 0.15) is 5.82 Å². The predicted octanol–water partition coefficient (Wildman–Crippen LogP) is 3.22. The van der Waals surface area contributed by atoms with Crippen LogP contribution in [-0.4, -0.2) is 27.5 Å². The topological polar surface area (TPSA) is 97.0 Å². The summed E-state index contributed by atoms with van der Waals surface area (Å²) in [6.45, 7) is 2.45. The third-order valence-electron chi connectivity index (χ3n) is 5.01. The highest BCUT2D eigenvalue weighted by Gasteiger charge is 2.25. The predicted molar refractivity (Wildman–Crippen MR) is 116 cm³/mol. The summed E-state index contributed by atoms with van der Waals surface area (Å²) in [4.78, 5) is 27.0. The molecule has 3 N–H and O–H groups in total. The minimum absolute atomic E-state index is 0.192. The number of nitrogens with zero attached hydrogens (tertiary/aromatic N) is 4. The first-order chi connectivity index (χ1) is 15.0. The zero-order chi connectivity index (χ0) is 21.8. The number of fused-ring (bicyclic) bond motifs is 1. The van der Waals surface area contributed by atoms with Gasteiger partial charge >= 0.3 is 6.03 Å². The summed E-state index contributed by atoms with van der Waals surface area (Å²) in [5.74, 6) is 5.90. The van der Waals surface area contributed by atoms with Crippen molar-refractivity contribution < 1.29 is 9.18 Å². The fraction of sp³-hybridized carbons (Fsp3) is 0.217. The van der Waals surface area contributed by atoms with Crippen molar-refractivity contribution in [1.82, 2.24) is 20.3 Å². The number of benzene rings is 1. The number of aryl methyl sites for hydroxylation is 1. The van der Waals surface area contributed by atoms with Crippen molar-refractivity contribution in [2.75, 3.05) is 17.2 Å². The number of nitrogens with one attached hydrogen (secondary N) is 1. The summed E-state index contributed by atoms with van der Waals surface area (Å²) in [5, 5.41) is 2.98. The van der Waals surface area contributed by atoms with Gasteiger partial charge in [-0.15, -0.1) is 0 Å². The number of nitrogens with two attached hydrogens (primary N) is 1. The molecule has 1 aliphatic heterocycles. The maximum atomic E-state index is 13.2. The van der Waals surface area contributed by atoms with Gasteiger partial charge in [0, 0.05) is 30.7 Å². The molecule has 0 saturated carbocycles. The van der Waals surface area contributed by atoms with E-state index < -0.39 is 0 Å². The van der Waals surface area contributed by atoms with E-state index in [1.54, 1.807) is 35.6 Å². The molecule has 3 heterocycles. The van der Waals surface area contributed by atoms with Crippen LogP contribution in [-0.2, 0) is 6.42 Å². The molecule has 3 aromatic rings. The summed E-state index contributed by atoms with van der Waals surface area (Å²) in [6.07, 6.45) is 6.43. The van der Waals surface area contributed by atoms with Crippen LogP contribution >= 0.6 is 0 Å². The van der Waals surface area contributed by atoms with Crippen LogP contribution in [0.5, 0.6) is 0 Å². The van der Waals surface area contributed by atoms with E-state index >= 15 is 0 Å². The van der Waals surface area contributed by atoms with E-state index in [4.69, 9.17) is 5.73 Å². The monoisotopic (exact) mass is 416 g/mol. The highest BCUT2D eigenvalue weighted by Crippen LogP contribution is 2.27. The zero-order valence-electron chi connectivity index (χ0n) is 17.0. The Labute approximate surface area is 179 Å². The van der Waals surface area contributed by atoms with Crippen LogP contribution in [0, 0.1) is 17.7 Å². The molecule has 4 rings (SSSR count). The highest BCUT2D eigenvalue weighted by molar-refractivity contribution is 5.93. The summed E-state index contributed by atoms with van der Waals surface area (Å²) >= 11 is 0. The Bertz CT molecular complexity index is 1150. The fourth-order valence-electron chi connectivity index (χ4n) is 3.36. The Kier molecular flexibility index (Phi) is 5.76. The maximum absolute atomic E-state index is 13.2. The van der Waals surface area contributed by atoms with E-state index in [0.29, 0.717) is 17.7 Å². The van der Waals surface area contributed by atoms with E-state index in [9.17, 15) is 9.18 Å². The van der Waals surface area contributed by atoms with Gasteiger partial charge in [-0.3, -0.25) is 9.88 Å². The molecule has 2 amide bonds. The van der Waals surface area contributed by atoms with Crippen molar-refractivity contribution in [3.63, 3.8) is 0 Å². The van der Waals surface area contributed by atoms with Gasteiger partial charge in [-0.25, -0.2) is 19.2 Å². The minimum Gasteiger partial charge on any atom is -0.368 e. The summed E-state index contributed by atoms with van der Waals surface area (Å²) in [5.41, 5.74) is 9.24. The van der Waals surface area contributed by atoms with Gasteiger partial charge in [0.2, 0.25) is 5.95 Å². The second-order valence-electron chi connectivity index (χ2n) is 7.25. The van der Waals surface area contributed by atoms with Crippen LogP contribution in [0.15, 0.2) is 48.9 Å². The van der Waals surface area contributed by atoms with Crippen LogP contribution in [0.2, 0.25) is 0 Å². The Morgan fingerprint density at radius 1 is 1.13 bits per heavy atom. The van der Waals surface area contributed by atoms with Gasteiger partial charge in [0.05, 0.1) is 23.0 Å². The van der Waals surface area contributed by atoms with E-state index in [-0.39, 0.29) is 23.8 Å². The van der Waals surface area contributed by atoms with E-state index in [0.717, 1.165) is 29.8 Å². The number of aromatic nitrogens is 3. The first-order valence-electron chi connectivity index (χ1n) is 9.91. The summed E-state index contributed by atoms with van der Waals surface area (Å²) in [6, 6.07) is 7.48. The van der Waals surface area contributed by atoms with Crippen molar-refractivity contribution in [2.45, 2.75) is 25.8 Å². The van der Waals surface area contributed by atoms with Crippen LogP contribution in [0.25, 0.3) is 0 Å². The van der Waals surface area contributed by atoms with Gasteiger partial charge < -0.3 is 11.1 Å². The van der Waals surface area contributed by atoms with Gasteiger partial charge in [-0.2, -0.15) is 0 Å². The second kappa shape index (κ2) is 8.79. The SMILES string of the molecule is C[C@H](NC(=O)N1CCCc2ncc(C#Cc3cnc(N)nc3)cc21)c1ccc(F)cc1. The Morgan fingerprint density at radius 2 is 1.81 bits per heavy atom. The number of hydrogen-bond acceptors (Lipinski definition) is 5. The first kappa shape index (κ1) is 20.3. The standard InChI is InChI=1S/C23H21FN6O/c1-15(18-6-8-19(24)9-7-18)29-23(31)30-10-2-3-20-21(30)11-16(12-26-20)4-5-17-13-27-22(25)28-14-17/h6-9,11-15H,2-3,10H2,1H3,(H,29,31)(H2,25,27,28)/t15-/m0/s1. The quantitative estimate of drug-likeness (QED) is 0.625. The molecule has 0 unspecified atom stereocenters. The molecule has 156 valence electrons. The van der Waals surface area contributed by atoms with Gasteiger partial charge in [0.15, 0.2) is 0 Å². The second-order valence-corrected chi connectivity index (χ2v) is 7.25. The Morgan fingerprint density at radius 3 is 2.55 bits per heavy atom. The molecular formula is C23H21FN6O. The van der Waals surface area contributed by atoms with Crippen molar-refractivity contribution in [1.29, 1.82) is 0 Å². The lowest BCUT2D eigenvalue weighted by Crippen LogP contribution is -2.44. The largest absolute Gasteiger partial charge is 0.368 e. The minimum atomic E-state index is -0.308. The smallest absolute Gasteiger partial charge is 0.322 e. The van der Waals surface area contributed by atoms with E-state index in [1.807, 2.05) is 13.0 Å². The highest BCUT2D eigenvalue weighted by atomic mass is 19.1. The third kappa shape index (κ3) is 4.78. The number of carbonyl (C=O) groups is 1. The number of carbonyl (C=O) groups excluding carboxylic acids is 1. The molecule has 31 heavy (non-hydrogen) atoms. The third-order valence-corrected chi connectivity index (χ3v) is 5.01. The molecule has 0 aliphatic carbocycles. The molecule has 1 aliphatic rings.